The van der Waals surface area contributed by atoms with Crippen LogP contribution in [0, 0.1) is 5.92 Å². The van der Waals surface area contributed by atoms with Crippen molar-refractivity contribution in [2.24, 2.45) is 5.92 Å². The zero-order valence-corrected chi connectivity index (χ0v) is 10.0. The van der Waals surface area contributed by atoms with E-state index in [2.05, 4.69) is 0 Å². The van der Waals surface area contributed by atoms with Crippen molar-refractivity contribution in [3.8, 4) is 0 Å². The van der Waals surface area contributed by atoms with E-state index in [9.17, 15) is 9.59 Å². The summed E-state index contributed by atoms with van der Waals surface area (Å²) in [6, 6.07) is 7.34. The van der Waals surface area contributed by atoms with E-state index in [4.69, 9.17) is 4.74 Å². The highest BCUT2D eigenvalue weighted by molar-refractivity contribution is 6.50. The molecule has 3 heteroatoms. The zero-order valence-electron chi connectivity index (χ0n) is 10.0. The molecule has 1 aromatic rings. The van der Waals surface area contributed by atoms with E-state index < -0.39 is 11.6 Å². The highest BCUT2D eigenvalue weighted by Gasteiger charge is 2.30. The van der Waals surface area contributed by atoms with Gasteiger partial charge in [-0.2, -0.15) is 0 Å². The molecule has 0 N–H and O–H groups in total. The summed E-state index contributed by atoms with van der Waals surface area (Å²) in [6.07, 6.45) is 3.53. The van der Waals surface area contributed by atoms with Crippen LogP contribution in [0.5, 0.6) is 0 Å². The smallest absolute Gasteiger partial charge is 0.233 e. The van der Waals surface area contributed by atoms with E-state index in [0.717, 1.165) is 30.6 Å². The monoisotopic (exact) mass is 242 g/mol. The van der Waals surface area contributed by atoms with Crippen LogP contribution >= 0.6 is 0 Å². The van der Waals surface area contributed by atoms with Gasteiger partial charge in [0.15, 0.2) is 0 Å². The van der Waals surface area contributed by atoms with Crippen molar-refractivity contribution in [3.63, 3.8) is 0 Å². The number of Topliss-reactive ketones (excluding diaryl/α,β-unsaturated/α-hetero) is 1. The van der Waals surface area contributed by atoms with Gasteiger partial charge in [-0.1, -0.05) is 24.3 Å². The molecule has 3 rings (SSSR count). The number of carbonyl (C=O) groups is 2. The first-order chi connectivity index (χ1) is 8.77. The third-order valence-electron chi connectivity index (χ3n) is 3.59. The molecule has 0 spiro atoms. The Morgan fingerprint density at radius 1 is 1.11 bits per heavy atom. The van der Waals surface area contributed by atoms with E-state index in [0.29, 0.717) is 12.2 Å². The average Bonchev–Trinajstić information content (AvgIpc) is 2.44. The molecule has 1 aliphatic heterocycles. The lowest BCUT2D eigenvalue weighted by Crippen LogP contribution is -2.25. The summed E-state index contributed by atoms with van der Waals surface area (Å²) in [5.74, 6) is -0.572. The largest absolute Gasteiger partial charge is 0.381 e. The van der Waals surface area contributed by atoms with Gasteiger partial charge < -0.3 is 4.74 Å². The van der Waals surface area contributed by atoms with Gasteiger partial charge in [0.1, 0.15) is 0 Å². The van der Waals surface area contributed by atoms with Crippen molar-refractivity contribution >= 4 is 17.1 Å². The number of ether oxygens (including phenoxy) is 1. The van der Waals surface area contributed by atoms with Gasteiger partial charge in [-0.3, -0.25) is 9.59 Å². The van der Waals surface area contributed by atoms with Crippen LogP contribution in [-0.2, 0) is 9.53 Å². The van der Waals surface area contributed by atoms with Crippen molar-refractivity contribution in [1.82, 2.24) is 0 Å². The summed E-state index contributed by atoms with van der Waals surface area (Å²) in [6.45, 7) is 1.43. The summed E-state index contributed by atoms with van der Waals surface area (Å²) >= 11 is 0. The normalized spacial score (nSPS) is 23.6. The summed E-state index contributed by atoms with van der Waals surface area (Å²) in [7, 11) is 0. The van der Waals surface area contributed by atoms with Crippen LogP contribution in [0.4, 0.5) is 0 Å². The van der Waals surface area contributed by atoms with Crippen LogP contribution in [0.15, 0.2) is 30.3 Å². The van der Waals surface area contributed by atoms with Gasteiger partial charge in [-0.05, 0) is 30.1 Å². The van der Waals surface area contributed by atoms with Gasteiger partial charge >= 0.3 is 0 Å². The van der Waals surface area contributed by atoms with Crippen LogP contribution in [-0.4, -0.2) is 24.8 Å². The van der Waals surface area contributed by atoms with E-state index >= 15 is 0 Å². The quantitative estimate of drug-likeness (QED) is 0.709. The number of carbonyl (C=O) groups excluding carboxylic acids is 2. The molecule has 0 unspecified atom stereocenters. The van der Waals surface area contributed by atoms with Gasteiger partial charge in [0.25, 0.3) is 0 Å². The number of fused-ring (bicyclic) bond motifs is 1. The molecule has 0 radical (unpaired) electrons. The Hall–Kier alpha value is -1.74. The Bertz CT molecular complexity index is 536. The van der Waals surface area contributed by atoms with Gasteiger partial charge in [0.2, 0.25) is 11.6 Å². The van der Waals surface area contributed by atoms with Crippen LogP contribution in [0.25, 0.3) is 5.57 Å². The maximum Gasteiger partial charge on any atom is 0.233 e. The highest BCUT2D eigenvalue weighted by Crippen LogP contribution is 2.34. The molecular formula is C15H14O3. The Labute approximate surface area is 105 Å². The fraction of sp³-hybridized carbons (Fsp3) is 0.333. The molecule has 0 amide bonds. The topological polar surface area (TPSA) is 43.4 Å². The molecule has 1 aliphatic carbocycles. The molecular weight excluding hydrogens is 228 g/mol. The first kappa shape index (κ1) is 11.4. The van der Waals surface area contributed by atoms with E-state index in [1.165, 1.54) is 6.08 Å². The Morgan fingerprint density at radius 3 is 2.61 bits per heavy atom. The third-order valence-corrected chi connectivity index (χ3v) is 3.59. The number of rotatable bonds is 1. The molecule has 0 bridgehead atoms. The average molecular weight is 242 g/mol. The molecule has 1 saturated heterocycles. The molecule has 0 saturated carbocycles. The van der Waals surface area contributed by atoms with Crippen molar-refractivity contribution in [2.45, 2.75) is 12.8 Å². The minimum atomic E-state index is -0.408. The zero-order chi connectivity index (χ0) is 12.5. The minimum Gasteiger partial charge on any atom is -0.381 e. The number of hydrogen-bond donors (Lipinski definition) is 0. The van der Waals surface area contributed by atoms with Gasteiger partial charge in [-0.25, -0.2) is 0 Å². The van der Waals surface area contributed by atoms with Crippen molar-refractivity contribution in [1.29, 1.82) is 0 Å². The van der Waals surface area contributed by atoms with Crippen LogP contribution < -0.4 is 0 Å². The second-order valence-corrected chi connectivity index (χ2v) is 4.75. The molecule has 3 nitrogen and oxygen atoms in total. The highest BCUT2D eigenvalue weighted by atomic mass is 16.5. The number of benzene rings is 1. The number of allylic oxidation sites excluding steroid dienone is 1. The lowest BCUT2D eigenvalue weighted by Gasteiger charge is -2.27. The summed E-state index contributed by atoms with van der Waals surface area (Å²) in [5, 5.41) is 0. The second kappa shape index (κ2) is 4.50. The standard InChI is InChI=1S/C15H14O3/c16-14-8-13(10-4-3-7-18-9-10)11-5-1-2-6-12(11)15(14)17/h1-2,5-6,8,10H,3-4,7,9H2/t10-/m1/s1. The van der Waals surface area contributed by atoms with Gasteiger partial charge in [-0.15, -0.1) is 0 Å². The van der Waals surface area contributed by atoms with Crippen LogP contribution in [0.1, 0.15) is 28.8 Å². The number of hydrogen-bond acceptors (Lipinski definition) is 3. The van der Waals surface area contributed by atoms with Crippen LogP contribution in [0.2, 0.25) is 0 Å². The van der Waals surface area contributed by atoms with Crippen molar-refractivity contribution in [3.05, 3.63) is 41.5 Å². The van der Waals surface area contributed by atoms with Crippen molar-refractivity contribution < 1.29 is 14.3 Å². The predicted molar refractivity (Wildman–Crippen MR) is 67.3 cm³/mol. The maximum absolute atomic E-state index is 11.8. The first-order valence-electron chi connectivity index (χ1n) is 6.25. The predicted octanol–water partition coefficient (Wildman–Crippen LogP) is 2.26. The summed E-state index contributed by atoms with van der Waals surface area (Å²) in [4.78, 5) is 23.6. The fourth-order valence-corrected chi connectivity index (χ4v) is 2.67. The van der Waals surface area contributed by atoms with Crippen molar-refractivity contribution in [2.75, 3.05) is 13.2 Å². The number of ketones is 2. The van der Waals surface area contributed by atoms with E-state index in [1.54, 1.807) is 12.1 Å². The fourth-order valence-electron chi connectivity index (χ4n) is 2.67. The summed E-state index contributed by atoms with van der Waals surface area (Å²) in [5.41, 5.74) is 2.40. The van der Waals surface area contributed by atoms with Gasteiger partial charge in [0, 0.05) is 18.1 Å². The molecule has 1 atom stereocenters. The SMILES string of the molecule is O=C1C=C([C@@H]2CCCOC2)c2ccccc2C1=O. The lowest BCUT2D eigenvalue weighted by molar-refractivity contribution is -0.111. The molecule has 92 valence electrons. The molecule has 1 fully saturated rings. The lowest BCUT2D eigenvalue weighted by atomic mass is 9.81. The maximum atomic E-state index is 11.8. The molecule has 18 heavy (non-hydrogen) atoms. The summed E-state index contributed by atoms with van der Waals surface area (Å²) < 4.78 is 5.48. The molecule has 1 heterocycles. The second-order valence-electron chi connectivity index (χ2n) is 4.75. The molecule has 0 aromatic heterocycles. The first-order valence-corrected chi connectivity index (χ1v) is 6.25. The van der Waals surface area contributed by atoms with Crippen LogP contribution in [0.3, 0.4) is 0 Å². The van der Waals surface area contributed by atoms with E-state index in [1.807, 2.05) is 12.1 Å². The van der Waals surface area contributed by atoms with E-state index in [-0.39, 0.29) is 5.92 Å². The Kier molecular flexibility index (Phi) is 2.84. The van der Waals surface area contributed by atoms with Gasteiger partial charge in [0.05, 0.1) is 6.61 Å². The Morgan fingerprint density at radius 2 is 1.89 bits per heavy atom. The minimum absolute atomic E-state index is 0.233. The Balaban J connectivity index is 2.05. The third kappa shape index (κ3) is 1.81. The molecule has 1 aromatic carbocycles. The molecule has 2 aliphatic rings.